The van der Waals surface area contributed by atoms with Crippen molar-refractivity contribution in [2.75, 3.05) is 6.54 Å². The van der Waals surface area contributed by atoms with Crippen LogP contribution in [0, 0.1) is 0 Å². The highest BCUT2D eigenvalue weighted by Crippen LogP contribution is 2.18. The number of hydrogen-bond donors (Lipinski definition) is 2. The zero-order valence-corrected chi connectivity index (χ0v) is 10.2. The first kappa shape index (κ1) is 12.5. The van der Waals surface area contributed by atoms with Crippen molar-refractivity contribution in [2.24, 2.45) is 0 Å². The quantitative estimate of drug-likeness (QED) is 0.676. The van der Waals surface area contributed by atoms with E-state index in [4.69, 9.17) is 0 Å². The number of hydrogen-bond acceptors (Lipinski definition) is 2. The summed E-state index contributed by atoms with van der Waals surface area (Å²) in [6.45, 7) is 7.16. The normalized spacial score (nSPS) is 16.5. The van der Waals surface area contributed by atoms with Crippen LogP contribution in [0.25, 0.3) is 0 Å². The van der Waals surface area contributed by atoms with Gasteiger partial charge in [-0.1, -0.05) is 13.8 Å². The molecule has 0 unspecified atom stereocenters. The minimum atomic E-state index is -0.0172. The molecule has 88 valence electrons. The fraction of sp³-hybridized carbons (Fsp3) is 0.917. The van der Waals surface area contributed by atoms with E-state index in [1.807, 2.05) is 0 Å². The van der Waals surface area contributed by atoms with Crippen molar-refractivity contribution in [3.8, 4) is 0 Å². The maximum absolute atomic E-state index is 11.6. The molecule has 0 saturated heterocycles. The van der Waals surface area contributed by atoms with Crippen LogP contribution < -0.4 is 10.6 Å². The van der Waals surface area contributed by atoms with Crippen molar-refractivity contribution >= 4 is 5.91 Å². The third-order valence-corrected chi connectivity index (χ3v) is 3.36. The van der Waals surface area contributed by atoms with Gasteiger partial charge in [0.2, 0.25) is 5.91 Å². The molecule has 15 heavy (non-hydrogen) atoms. The molecular weight excluding hydrogens is 188 g/mol. The molecule has 0 atom stereocenters. The van der Waals surface area contributed by atoms with E-state index in [1.165, 1.54) is 12.8 Å². The van der Waals surface area contributed by atoms with E-state index in [0.717, 1.165) is 19.4 Å². The zero-order valence-electron chi connectivity index (χ0n) is 10.2. The lowest BCUT2D eigenvalue weighted by Gasteiger charge is -2.28. The summed E-state index contributed by atoms with van der Waals surface area (Å²) in [7, 11) is 0. The highest BCUT2D eigenvalue weighted by molar-refractivity contribution is 5.76. The van der Waals surface area contributed by atoms with E-state index in [1.54, 1.807) is 0 Å². The van der Waals surface area contributed by atoms with Gasteiger partial charge in [0.1, 0.15) is 0 Å². The molecule has 1 saturated carbocycles. The first-order valence-corrected chi connectivity index (χ1v) is 6.14. The summed E-state index contributed by atoms with van der Waals surface area (Å²) < 4.78 is 0. The zero-order chi connectivity index (χ0) is 11.3. The maximum Gasteiger partial charge on any atom is 0.221 e. The molecule has 0 aromatic carbocycles. The Morgan fingerprint density at radius 1 is 1.33 bits per heavy atom. The van der Waals surface area contributed by atoms with Crippen LogP contribution in [0.15, 0.2) is 0 Å². The van der Waals surface area contributed by atoms with Gasteiger partial charge in [0.15, 0.2) is 0 Å². The molecule has 1 amide bonds. The first-order valence-electron chi connectivity index (χ1n) is 6.14. The van der Waals surface area contributed by atoms with Crippen LogP contribution in [0.3, 0.4) is 0 Å². The Bertz CT molecular complexity index is 208. The number of rotatable bonds is 7. The lowest BCUT2D eigenvalue weighted by molar-refractivity contribution is -0.122. The lowest BCUT2D eigenvalue weighted by atomic mass is 9.95. The minimum Gasteiger partial charge on any atom is -0.351 e. The van der Waals surface area contributed by atoms with Crippen LogP contribution in [0.4, 0.5) is 0 Å². The maximum atomic E-state index is 11.6. The Labute approximate surface area is 93.0 Å². The minimum absolute atomic E-state index is 0.0172. The lowest BCUT2D eigenvalue weighted by Crippen LogP contribution is -2.45. The van der Waals surface area contributed by atoms with Gasteiger partial charge in [0.05, 0.1) is 0 Å². The smallest absolute Gasteiger partial charge is 0.221 e. The van der Waals surface area contributed by atoms with Gasteiger partial charge in [-0.05, 0) is 32.6 Å². The van der Waals surface area contributed by atoms with Crippen LogP contribution >= 0.6 is 0 Å². The van der Waals surface area contributed by atoms with Crippen LogP contribution in [0.1, 0.15) is 52.9 Å². The second kappa shape index (κ2) is 5.50. The van der Waals surface area contributed by atoms with Crippen molar-refractivity contribution in [1.82, 2.24) is 10.6 Å². The third-order valence-electron chi connectivity index (χ3n) is 3.36. The average Bonchev–Trinajstić information content (AvgIpc) is 3.01. The molecule has 2 N–H and O–H groups in total. The molecule has 0 aliphatic heterocycles. The van der Waals surface area contributed by atoms with E-state index in [0.29, 0.717) is 12.5 Å². The number of amides is 1. The molecule has 1 fully saturated rings. The summed E-state index contributed by atoms with van der Waals surface area (Å²) in [6.07, 6.45) is 5.15. The molecular formula is C12H24N2O. The molecule has 0 heterocycles. The second-order valence-corrected chi connectivity index (χ2v) is 4.79. The molecule has 0 bridgehead atoms. The van der Waals surface area contributed by atoms with Gasteiger partial charge in [-0.2, -0.15) is 0 Å². The molecule has 0 aromatic rings. The molecule has 1 aliphatic carbocycles. The van der Waals surface area contributed by atoms with Crippen LogP contribution in [0.2, 0.25) is 0 Å². The second-order valence-electron chi connectivity index (χ2n) is 4.79. The molecule has 0 aromatic heterocycles. The van der Waals surface area contributed by atoms with Gasteiger partial charge in [-0.25, -0.2) is 0 Å². The fourth-order valence-corrected chi connectivity index (χ4v) is 1.50. The standard InChI is InChI=1S/C12H24N2O/c1-4-12(3,5-2)14-11(15)8-9-13-10-6-7-10/h10,13H,4-9H2,1-3H3,(H,14,15). The Morgan fingerprint density at radius 3 is 2.40 bits per heavy atom. The summed E-state index contributed by atoms with van der Waals surface area (Å²) in [5.41, 5.74) is -0.0172. The van der Waals surface area contributed by atoms with Crippen molar-refractivity contribution in [3.05, 3.63) is 0 Å². The third kappa shape index (κ3) is 4.65. The summed E-state index contributed by atoms with van der Waals surface area (Å²) >= 11 is 0. The van der Waals surface area contributed by atoms with Gasteiger partial charge in [0, 0.05) is 24.5 Å². The summed E-state index contributed by atoms with van der Waals surface area (Å²) in [4.78, 5) is 11.6. The largest absolute Gasteiger partial charge is 0.351 e. The summed E-state index contributed by atoms with van der Waals surface area (Å²) in [5, 5.41) is 6.46. The Balaban J connectivity index is 2.15. The SMILES string of the molecule is CCC(C)(CC)NC(=O)CCNC1CC1. The van der Waals surface area contributed by atoms with Crippen LogP contribution in [-0.2, 0) is 4.79 Å². The number of carbonyl (C=O) groups excluding carboxylic acids is 1. The van der Waals surface area contributed by atoms with Crippen molar-refractivity contribution in [2.45, 2.75) is 64.5 Å². The summed E-state index contributed by atoms with van der Waals surface area (Å²) in [6, 6.07) is 0.696. The van der Waals surface area contributed by atoms with E-state index < -0.39 is 0 Å². The van der Waals surface area contributed by atoms with Gasteiger partial charge in [-0.15, -0.1) is 0 Å². The van der Waals surface area contributed by atoms with Gasteiger partial charge in [0.25, 0.3) is 0 Å². The molecule has 1 aliphatic rings. The Hall–Kier alpha value is -0.570. The first-order chi connectivity index (χ1) is 7.09. The highest BCUT2D eigenvalue weighted by atomic mass is 16.1. The molecule has 0 radical (unpaired) electrons. The van der Waals surface area contributed by atoms with E-state index in [2.05, 4.69) is 31.4 Å². The topological polar surface area (TPSA) is 41.1 Å². The molecule has 0 spiro atoms. The Kier molecular flexibility index (Phi) is 4.58. The van der Waals surface area contributed by atoms with Gasteiger partial charge >= 0.3 is 0 Å². The van der Waals surface area contributed by atoms with E-state index in [9.17, 15) is 4.79 Å². The predicted molar refractivity (Wildman–Crippen MR) is 62.8 cm³/mol. The average molecular weight is 212 g/mol. The predicted octanol–water partition coefficient (Wildman–Crippen LogP) is 1.82. The monoisotopic (exact) mass is 212 g/mol. The Morgan fingerprint density at radius 2 is 1.93 bits per heavy atom. The van der Waals surface area contributed by atoms with E-state index in [-0.39, 0.29) is 11.4 Å². The molecule has 3 heteroatoms. The van der Waals surface area contributed by atoms with Gasteiger partial charge in [-0.3, -0.25) is 4.79 Å². The van der Waals surface area contributed by atoms with Gasteiger partial charge < -0.3 is 10.6 Å². The summed E-state index contributed by atoms with van der Waals surface area (Å²) in [5.74, 6) is 0.175. The number of carbonyl (C=O) groups is 1. The van der Waals surface area contributed by atoms with Crippen molar-refractivity contribution in [3.63, 3.8) is 0 Å². The van der Waals surface area contributed by atoms with Crippen molar-refractivity contribution < 1.29 is 4.79 Å². The van der Waals surface area contributed by atoms with Crippen LogP contribution in [0.5, 0.6) is 0 Å². The van der Waals surface area contributed by atoms with E-state index >= 15 is 0 Å². The van der Waals surface area contributed by atoms with Crippen LogP contribution in [-0.4, -0.2) is 24.0 Å². The molecule has 3 nitrogen and oxygen atoms in total. The number of nitrogens with one attached hydrogen (secondary N) is 2. The highest BCUT2D eigenvalue weighted by Gasteiger charge is 2.23. The van der Waals surface area contributed by atoms with Crippen molar-refractivity contribution in [1.29, 1.82) is 0 Å². The molecule has 1 rings (SSSR count). The fourth-order valence-electron chi connectivity index (χ4n) is 1.50.